The quantitative estimate of drug-likeness (QED) is 0.279. The van der Waals surface area contributed by atoms with Gasteiger partial charge in [-0.2, -0.15) is 0 Å². The van der Waals surface area contributed by atoms with E-state index in [4.69, 9.17) is 16.3 Å². The number of ether oxygens (including phenoxy) is 1. The van der Waals surface area contributed by atoms with E-state index in [1.54, 1.807) is 34.9 Å². The van der Waals surface area contributed by atoms with Crippen molar-refractivity contribution < 1.29 is 19.4 Å². The van der Waals surface area contributed by atoms with E-state index in [1.807, 2.05) is 42.5 Å². The highest BCUT2D eigenvalue weighted by Gasteiger charge is 2.55. The third-order valence-electron chi connectivity index (χ3n) is 9.76. The maximum Gasteiger partial charge on any atom is 0.355 e. The molecular weight excluding hydrogens is 564 g/mol. The van der Waals surface area contributed by atoms with E-state index in [1.165, 1.54) is 7.11 Å². The van der Waals surface area contributed by atoms with Crippen LogP contribution >= 0.6 is 11.6 Å². The van der Waals surface area contributed by atoms with Crippen molar-refractivity contribution in [3.05, 3.63) is 110 Å². The summed E-state index contributed by atoms with van der Waals surface area (Å²) in [4.78, 5) is 40.4. The second kappa shape index (κ2) is 10.6. The number of carbonyl (C=O) groups excluding carboxylic acids is 2. The molecule has 220 valence electrons. The van der Waals surface area contributed by atoms with Crippen molar-refractivity contribution in [2.45, 2.75) is 50.2 Å². The molecule has 8 heteroatoms. The van der Waals surface area contributed by atoms with Gasteiger partial charge in [-0.25, -0.2) is 4.79 Å². The van der Waals surface area contributed by atoms with E-state index < -0.39 is 11.6 Å². The lowest BCUT2D eigenvalue weighted by atomic mass is 9.52. The molecular formula is C35H33ClN2O5. The van der Waals surface area contributed by atoms with Crippen LogP contribution < -0.4 is 10.7 Å². The Balaban J connectivity index is 1.21. The molecule has 43 heavy (non-hydrogen) atoms. The van der Waals surface area contributed by atoms with Gasteiger partial charge in [-0.05, 0) is 97.9 Å². The molecule has 7 nitrogen and oxygen atoms in total. The summed E-state index contributed by atoms with van der Waals surface area (Å²) >= 11 is 6.33. The van der Waals surface area contributed by atoms with Crippen LogP contribution in [0.2, 0.25) is 5.02 Å². The number of para-hydroxylation sites is 1. The number of carbonyl (C=O) groups is 2. The molecule has 1 heterocycles. The summed E-state index contributed by atoms with van der Waals surface area (Å²) in [5.41, 5.74) is 2.15. The number of halogens is 1. The van der Waals surface area contributed by atoms with Gasteiger partial charge in [0.15, 0.2) is 5.43 Å². The molecule has 0 radical (unpaired) electrons. The van der Waals surface area contributed by atoms with E-state index in [-0.39, 0.29) is 29.5 Å². The molecule has 0 saturated heterocycles. The van der Waals surface area contributed by atoms with Gasteiger partial charge in [0.1, 0.15) is 5.69 Å². The minimum Gasteiger partial charge on any atom is -0.464 e. The average Bonchev–Trinajstić information content (AvgIpc) is 2.99. The van der Waals surface area contributed by atoms with Crippen molar-refractivity contribution in [2.75, 3.05) is 7.11 Å². The number of rotatable bonds is 6. The SMILES string of the molecule is COC(=O)c1c(Cc2ccc(C(=O)NC3[C@@H]4C[C@H]5C[C@H]3C[C@](O)(C5)C4)cc2)c(=O)c2ccc(Cl)cc2n1-c1ccccc1. The van der Waals surface area contributed by atoms with Crippen LogP contribution in [0.15, 0.2) is 77.6 Å². The van der Waals surface area contributed by atoms with E-state index in [0.717, 1.165) is 37.7 Å². The standard InChI is InChI=1S/C35H33ClN2O5/c1-43-34(41)31-28(32(39)27-12-11-25(36)16-29(27)38(31)26-5-3-2-4-6-26)15-20-7-9-22(10-8-20)33(40)37-30-23-13-21-14-24(30)19-35(42,17-21)18-23/h2-12,16,21,23-24,30,42H,13-15,17-19H2,1H3,(H,37,40)/t21-,23+,24-,30?,35-. The zero-order valence-electron chi connectivity index (χ0n) is 23.9. The first-order valence-electron chi connectivity index (χ1n) is 14.9. The summed E-state index contributed by atoms with van der Waals surface area (Å²) < 4.78 is 6.91. The number of hydrogen-bond acceptors (Lipinski definition) is 5. The van der Waals surface area contributed by atoms with E-state index >= 15 is 0 Å². The zero-order valence-corrected chi connectivity index (χ0v) is 24.6. The van der Waals surface area contributed by atoms with Crippen molar-refractivity contribution in [1.29, 1.82) is 0 Å². The van der Waals surface area contributed by atoms with E-state index in [2.05, 4.69) is 5.32 Å². The van der Waals surface area contributed by atoms with Gasteiger partial charge in [0.05, 0.1) is 18.2 Å². The maximum absolute atomic E-state index is 13.9. The number of benzene rings is 3. The minimum atomic E-state index is -0.630. The number of amides is 1. The Kier molecular flexibility index (Phi) is 6.90. The van der Waals surface area contributed by atoms with Crippen LogP contribution in [0.4, 0.5) is 0 Å². The molecule has 4 aromatic rings. The second-order valence-electron chi connectivity index (χ2n) is 12.5. The van der Waals surface area contributed by atoms with Gasteiger partial charge in [0.25, 0.3) is 5.91 Å². The molecule has 4 bridgehead atoms. The van der Waals surface area contributed by atoms with Crippen molar-refractivity contribution in [3.8, 4) is 5.69 Å². The van der Waals surface area contributed by atoms with Crippen molar-refractivity contribution in [2.24, 2.45) is 17.8 Å². The number of esters is 1. The number of methoxy groups -OCH3 is 1. The number of nitrogens with one attached hydrogen (secondary N) is 1. The fourth-order valence-electron chi connectivity index (χ4n) is 8.16. The molecule has 4 fully saturated rings. The third kappa shape index (κ3) is 4.94. The highest BCUT2D eigenvalue weighted by molar-refractivity contribution is 6.31. The van der Waals surface area contributed by atoms with Gasteiger partial charge in [0, 0.05) is 39.7 Å². The smallest absolute Gasteiger partial charge is 0.355 e. The largest absolute Gasteiger partial charge is 0.464 e. The summed E-state index contributed by atoms with van der Waals surface area (Å²) in [5.74, 6) is 0.467. The van der Waals surface area contributed by atoms with E-state index in [9.17, 15) is 19.5 Å². The fraction of sp³-hybridized carbons (Fsp3) is 0.343. The monoisotopic (exact) mass is 596 g/mol. The minimum absolute atomic E-state index is 0.0918. The van der Waals surface area contributed by atoms with Gasteiger partial charge in [-0.3, -0.25) is 9.59 Å². The van der Waals surface area contributed by atoms with Crippen LogP contribution in [0.25, 0.3) is 16.6 Å². The van der Waals surface area contributed by atoms with Gasteiger partial charge in [-0.1, -0.05) is 41.9 Å². The first-order chi connectivity index (χ1) is 20.7. The Morgan fingerprint density at radius 3 is 2.35 bits per heavy atom. The van der Waals surface area contributed by atoms with Gasteiger partial charge in [-0.15, -0.1) is 0 Å². The van der Waals surface area contributed by atoms with Gasteiger partial charge >= 0.3 is 5.97 Å². The average molecular weight is 597 g/mol. The number of hydrogen-bond donors (Lipinski definition) is 2. The van der Waals surface area contributed by atoms with E-state index in [0.29, 0.717) is 50.5 Å². The Hall–Kier alpha value is -3.94. The van der Waals surface area contributed by atoms with Crippen molar-refractivity contribution in [1.82, 2.24) is 9.88 Å². The number of aliphatic hydroxyl groups is 1. The molecule has 4 saturated carbocycles. The Labute approximate surface area is 254 Å². The Bertz CT molecular complexity index is 1780. The predicted octanol–water partition coefficient (Wildman–Crippen LogP) is 5.69. The highest BCUT2D eigenvalue weighted by atomic mass is 35.5. The molecule has 1 unspecified atom stereocenters. The van der Waals surface area contributed by atoms with Crippen LogP contribution in [-0.2, 0) is 11.2 Å². The molecule has 4 aliphatic rings. The maximum atomic E-state index is 13.9. The lowest BCUT2D eigenvalue weighted by Gasteiger charge is -2.58. The molecule has 5 atom stereocenters. The second-order valence-corrected chi connectivity index (χ2v) is 13.0. The normalized spacial score (nSPS) is 25.6. The van der Waals surface area contributed by atoms with Gasteiger partial charge in [0.2, 0.25) is 0 Å². The molecule has 4 aliphatic carbocycles. The first-order valence-corrected chi connectivity index (χ1v) is 15.2. The van der Waals surface area contributed by atoms with Crippen molar-refractivity contribution in [3.63, 3.8) is 0 Å². The van der Waals surface area contributed by atoms with Crippen LogP contribution in [0.5, 0.6) is 0 Å². The summed E-state index contributed by atoms with van der Waals surface area (Å²) in [5, 5.41) is 15.1. The number of aromatic nitrogens is 1. The molecule has 1 aromatic heterocycles. The van der Waals surface area contributed by atoms with Gasteiger partial charge < -0.3 is 19.7 Å². The van der Waals surface area contributed by atoms with Crippen LogP contribution in [0.3, 0.4) is 0 Å². The lowest BCUT2D eigenvalue weighted by molar-refractivity contribution is -0.136. The van der Waals surface area contributed by atoms with Crippen LogP contribution in [0.1, 0.15) is 64.1 Å². The lowest BCUT2D eigenvalue weighted by Crippen LogP contribution is -2.61. The van der Waals surface area contributed by atoms with Crippen LogP contribution in [-0.4, -0.2) is 40.3 Å². The molecule has 0 spiro atoms. The number of fused-ring (bicyclic) bond motifs is 1. The molecule has 2 N–H and O–H groups in total. The summed E-state index contributed by atoms with van der Waals surface area (Å²) in [7, 11) is 1.30. The summed E-state index contributed by atoms with van der Waals surface area (Å²) in [6.45, 7) is 0. The fourth-order valence-corrected chi connectivity index (χ4v) is 8.32. The third-order valence-corrected chi connectivity index (χ3v) is 9.99. The molecule has 3 aromatic carbocycles. The Morgan fingerprint density at radius 1 is 1.00 bits per heavy atom. The molecule has 1 amide bonds. The highest BCUT2D eigenvalue weighted by Crippen LogP contribution is 2.55. The molecule has 0 aliphatic heterocycles. The summed E-state index contributed by atoms with van der Waals surface area (Å²) in [6, 6.07) is 21.6. The van der Waals surface area contributed by atoms with Crippen LogP contribution in [0, 0.1) is 17.8 Å². The Morgan fingerprint density at radius 2 is 1.70 bits per heavy atom. The first kappa shape index (κ1) is 27.9. The van der Waals surface area contributed by atoms with Crippen molar-refractivity contribution >= 4 is 34.4 Å². The number of nitrogens with zero attached hydrogens (tertiary/aromatic N) is 1. The summed E-state index contributed by atoms with van der Waals surface area (Å²) in [6.07, 6.45) is 4.76. The zero-order chi connectivity index (χ0) is 29.9. The number of pyridine rings is 1. The topological polar surface area (TPSA) is 97.6 Å². The predicted molar refractivity (Wildman–Crippen MR) is 165 cm³/mol. The molecule has 8 rings (SSSR count).